The van der Waals surface area contributed by atoms with E-state index in [2.05, 4.69) is 5.32 Å². The minimum Gasteiger partial charge on any atom is -0.364 e. The highest BCUT2D eigenvalue weighted by Crippen LogP contribution is 2.46. The Morgan fingerprint density at radius 1 is 1.06 bits per heavy atom. The number of carbonyl (C=O) groups is 3. The van der Waals surface area contributed by atoms with Crippen LogP contribution in [-0.4, -0.2) is 22.2 Å². The lowest BCUT2D eigenvalue weighted by atomic mass is 9.89. The minimum atomic E-state index is -1.59. The molecule has 0 spiro atoms. The molecule has 9 heteroatoms. The molecule has 2 aliphatic rings. The third kappa shape index (κ3) is 3.62. The van der Waals surface area contributed by atoms with Crippen molar-refractivity contribution >= 4 is 17.6 Å². The third-order valence-electron chi connectivity index (χ3n) is 7.02. The molecule has 0 radical (unpaired) electrons. The van der Waals surface area contributed by atoms with E-state index in [9.17, 15) is 27.6 Å². The summed E-state index contributed by atoms with van der Waals surface area (Å²) in [5, 5.41) is 2.84. The lowest BCUT2D eigenvalue weighted by molar-refractivity contribution is -0.118. The average Bonchev–Trinajstić information content (AvgIpc) is 3.39. The Bertz CT molecular complexity index is 1370. The van der Waals surface area contributed by atoms with E-state index in [1.807, 2.05) is 30.3 Å². The van der Waals surface area contributed by atoms with Crippen LogP contribution in [0.1, 0.15) is 68.4 Å². The molecular formula is C26H22F3N3O3. The fraction of sp³-hybridized carbons (Fsp3) is 0.269. The van der Waals surface area contributed by atoms with Crippen molar-refractivity contribution in [1.29, 1.82) is 0 Å². The number of fused-ring (bicyclic) bond motifs is 1. The van der Waals surface area contributed by atoms with Crippen molar-refractivity contribution in [3.63, 3.8) is 0 Å². The highest BCUT2D eigenvalue weighted by Gasteiger charge is 2.47. The minimum absolute atomic E-state index is 0.0206. The average molecular weight is 481 g/mol. The van der Waals surface area contributed by atoms with Gasteiger partial charge in [-0.15, -0.1) is 0 Å². The summed E-state index contributed by atoms with van der Waals surface area (Å²) in [6, 6.07) is 11.0. The van der Waals surface area contributed by atoms with Gasteiger partial charge in [0.15, 0.2) is 17.5 Å². The van der Waals surface area contributed by atoms with Crippen LogP contribution < -0.4 is 11.1 Å². The largest absolute Gasteiger partial charge is 0.364 e. The molecule has 1 aliphatic carbocycles. The number of nitrogens with one attached hydrogen (secondary N) is 1. The molecule has 1 aliphatic heterocycles. The van der Waals surface area contributed by atoms with Gasteiger partial charge in [0.05, 0.1) is 11.1 Å². The maximum absolute atomic E-state index is 14.0. The van der Waals surface area contributed by atoms with Crippen LogP contribution in [0.2, 0.25) is 0 Å². The SMILES string of the molecule is Cc1c(C(=O)C(=O)NC2(c3ccccc3)CC2)c2n(c1C(N)=O)CCC2c1cc(F)c(F)c(F)c1. The molecule has 3 N–H and O–H groups in total. The first kappa shape index (κ1) is 22.9. The zero-order valence-corrected chi connectivity index (χ0v) is 18.8. The maximum atomic E-state index is 14.0. The summed E-state index contributed by atoms with van der Waals surface area (Å²) in [7, 11) is 0. The third-order valence-corrected chi connectivity index (χ3v) is 7.02. The normalized spacial score (nSPS) is 17.7. The van der Waals surface area contributed by atoms with E-state index in [1.54, 1.807) is 0 Å². The second-order valence-electron chi connectivity index (χ2n) is 9.12. The Morgan fingerprint density at radius 2 is 1.69 bits per heavy atom. The summed E-state index contributed by atoms with van der Waals surface area (Å²) >= 11 is 0. The zero-order chi connectivity index (χ0) is 25.1. The Balaban J connectivity index is 1.56. The number of nitrogens with zero attached hydrogens (tertiary/aromatic N) is 1. The first-order valence-corrected chi connectivity index (χ1v) is 11.2. The Kier molecular flexibility index (Phi) is 5.30. The van der Waals surface area contributed by atoms with Crippen LogP contribution in [-0.2, 0) is 16.9 Å². The van der Waals surface area contributed by atoms with Gasteiger partial charge in [0.2, 0.25) is 0 Å². The summed E-state index contributed by atoms with van der Waals surface area (Å²) < 4.78 is 43.1. The van der Waals surface area contributed by atoms with E-state index in [-0.39, 0.29) is 41.0 Å². The Labute approximate surface area is 198 Å². The molecule has 35 heavy (non-hydrogen) atoms. The van der Waals surface area contributed by atoms with Gasteiger partial charge >= 0.3 is 0 Å². The smallest absolute Gasteiger partial charge is 0.293 e. The Hall–Kier alpha value is -3.88. The quantitative estimate of drug-likeness (QED) is 0.318. The number of primary amides is 1. The predicted molar refractivity (Wildman–Crippen MR) is 120 cm³/mol. The molecule has 1 fully saturated rings. The van der Waals surface area contributed by atoms with E-state index in [1.165, 1.54) is 11.5 Å². The standard InChI is InChI=1S/C26H22F3N3O3/c1-13-19(23(33)25(35)31-26(8-9-26)15-5-3-2-4-6-15)22-16(7-10-32(22)21(13)24(30)34)14-11-17(27)20(29)18(28)12-14/h2-6,11-12,16H,7-10H2,1H3,(H2,30,34)(H,31,35). The van der Waals surface area contributed by atoms with Crippen LogP contribution in [0.3, 0.4) is 0 Å². The van der Waals surface area contributed by atoms with E-state index in [4.69, 9.17) is 5.73 Å². The molecule has 180 valence electrons. The predicted octanol–water partition coefficient (Wildman–Crippen LogP) is 3.84. The van der Waals surface area contributed by atoms with E-state index in [0.717, 1.165) is 17.7 Å². The van der Waals surface area contributed by atoms with Crippen LogP contribution in [0.4, 0.5) is 13.2 Å². The number of carbonyl (C=O) groups excluding carboxylic acids is 3. The second kappa shape index (κ2) is 8.11. The number of nitrogens with two attached hydrogens (primary N) is 1. The molecule has 3 aromatic rings. The molecule has 1 unspecified atom stereocenters. The van der Waals surface area contributed by atoms with Crippen LogP contribution in [0.15, 0.2) is 42.5 Å². The number of benzene rings is 2. The number of Topliss-reactive ketones (excluding diaryl/α,β-unsaturated/α-hetero) is 1. The van der Waals surface area contributed by atoms with Gasteiger partial charge in [-0.25, -0.2) is 13.2 Å². The van der Waals surface area contributed by atoms with E-state index in [0.29, 0.717) is 12.8 Å². The number of halogens is 3. The van der Waals surface area contributed by atoms with Crippen LogP contribution >= 0.6 is 0 Å². The number of amides is 2. The highest BCUT2D eigenvalue weighted by molar-refractivity contribution is 6.44. The molecule has 6 nitrogen and oxygen atoms in total. The number of rotatable bonds is 6. The molecule has 2 amide bonds. The van der Waals surface area contributed by atoms with Gasteiger partial charge in [0, 0.05) is 18.2 Å². The van der Waals surface area contributed by atoms with Gasteiger partial charge in [-0.1, -0.05) is 30.3 Å². The fourth-order valence-electron chi connectivity index (χ4n) is 5.22. The van der Waals surface area contributed by atoms with Crippen LogP contribution in [0.5, 0.6) is 0 Å². The van der Waals surface area contributed by atoms with Crippen molar-refractivity contribution in [3.05, 3.63) is 93.6 Å². The van der Waals surface area contributed by atoms with Crippen molar-refractivity contribution in [1.82, 2.24) is 9.88 Å². The van der Waals surface area contributed by atoms with E-state index >= 15 is 0 Å². The molecule has 0 saturated heterocycles. The Morgan fingerprint density at radius 3 is 2.26 bits per heavy atom. The summed E-state index contributed by atoms with van der Waals surface area (Å²) in [4.78, 5) is 38.8. The number of ketones is 1. The maximum Gasteiger partial charge on any atom is 0.293 e. The molecule has 5 rings (SSSR count). The summed E-state index contributed by atoms with van der Waals surface area (Å²) in [5.74, 6) is -7.55. The lowest BCUT2D eigenvalue weighted by Gasteiger charge is -2.18. The molecular weight excluding hydrogens is 459 g/mol. The molecule has 1 aromatic heterocycles. The van der Waals surface area contributed by atoms with Crippen molar-refractivity contribution < 1.29 is 27.6 Å². The summed E-state index contributed by atoms with van der Waals surface area (Å²) in [6.07, 6.45) is 1.63. The lowest BCUT2D eigenvalue weighted by Crippen LogP contribution is -2.39. The van der Waals surface area contributed by atoms with E-state index < -0.39 is 46.5 Å². The first-order chi connectivity index (χ1) is 16.6. The van der Waals surface area contributed by atoms with Crippen LogP contribution in [0, 0.1) is 24.4 Å². The molecule has 2 heterocycles. The molecule has 1 saturated carbocycles. The second-order valence-corrected chi connectivity index (χ2v) is 9.12. The molecule has 2 aromatic carbocycles. The highest BCUT2D eigenvalue weighted by atomic mass is 19.2. The van der Waals surface area contributed by atoms with Gasteiger partial charge in [0.1, 0.15) is 5.69 Å². The van der Waals surface area contributed by atoms with Crippen LogP contribution in [0.25, 0.3) is 0 Å². The van der Waals surface area contributed by atoms with Crippen molar-refractivity contribution in [2.45, 2.75) is 44.2 Å². The summed E-state index contributed by atoms with van der Waals surface area (Å²) in [5.41, 5.74) is 6.46. The number of aromatic nitrogens is 1. The topological polar surface area (TPSA) is 94.2 Å². The first-order valence-electron chi connectivity index (χ1n) is 11.2. The molecule has 0 bridgehead atoms. The van der Waals surface area contributed by atoms with Crippen molar-refractivity contribution in [2.24, 2.45) is 5.73 Å². The van der Waals surface area contributed by atoms with Gasteiger partial charge in [-0.2, -0.15) is 0 Å². The van der Waals surface area contributed by atoms with Gasteiger partial charge in [0.25, 0.3) is 17.6 Å². The number of hydrogen-bond donors (Lipinski definition) is 2. The van der Waals surface area contributed by atoms with Crippen molar-refractivity contribution in [3.8, 4) is 0 Å². The fourth-order valence-corrected chi connectivity index (χ4v) is 5.22. The zero-order valence-electron chi connectivity index (χ0n) is 18.8. The molecule has 1 atom stereocenters. The number of hydrogen-bond acceptors (Lipinski definition) is 3. The van der Waals surface area contributed by atoms with Gasteiger partial charge < -0.3 is 15.6 Å². The van der Waals surface area contributed by atoms with Crippen molar-refractivity contribution in [2.75, 3.05) is 0 Å². The monoisotopic (exact) mass is 481 g/mol. The van der Waals surface area contributed by atoms with Gasteiger partial charge in [-0.3, -0.25) is 14.4 Å². The van der Waals surface area contributed by atoms with Gasteiger partial charge in [-0.05, 0) is 55.0 Å². The summed E-state index contributed by atoms with van der Waals surface area (Å²) in [6.45, 7) is 1.75.